The molecule has 0 amide bonds. The molecule has 0 N–H and O–H groups in total. The molecule has 0 radical (unpaired) electrons. The fraction of sp³-hybridized carbons (Fsp3) is 0.118. The Morgan fingerprint density at radius 2 is 1.08 bits per heavy atom. The van der Waals surface area contributed by atoms with Crippen LogP contribution >= 0.6 is 0 Å². The van der Waals surface area contributed by atoms with Crippen molar-refractivity contribution in [2.75, 3.05) is 4.90 Å². The van der Waals surface area contributed by atoms with Crippen LogP contribution < -0.4 is 18.8 Å². The van der Waals surface area contributed by atoms with Crippen LogP contribution in [0.1, 0.15) is 52.7 Å². The van der Waals surface area contributed by atoms with Crippen LogP contribution in [-0.4, -0.2) is 15.6 Å². The molecule has 378 valence electrons. The van der Waals surface area contributed by atoms with Crippen LogP contribution in [0.25, 0.3) is 49.9 Å². The molecular weight excluding hydrogens is 1140 g/mol. The molecule has 9 heteroatoms. The second-order valence-corrected chi connectivity index (χ2v) is 21.2. The Morgan fingerprint density at radius 3 is 1.68 bits per heavy atom. The van der Waals surface area contributed by atoms with Crippen LogP contribution in [-0.2, 0) is 31.9 Å². The Kier molecular flexibility index (Phi) is 13.3. The van der Waals surface area contributed by atoms with Crippen molar-refractivity contribution >= 4 is 67.6 Å². The monoisotopic (exact) mass is 1190 g/mol. The Balaban J connectivity index is 0.00000631. The molecule has 2 aromatic heterocycles. The summed E-state index contributed by atoms with van der Waals surface area (Å²) in [5.74, 6) is 1.08. The summed E-state index contributed by atoms with van der Waals surface area (Å²) in [7, 11) is 0. The predicted molar refractivity (Wildman–Crippen MR) is 306 cm³/mol. The molecule has 0 aliphatic carbocycles. The number of hydrogen-bond donors (Lipinski definition) is 0. The van der Waals surface area contributed by atoms with E-state index in [-0.39, 0.29) is 43.5 Å². The van der Waals surface area contributed by atoms with Crippen LogP contribution in [0.3, 0.4) is 0 Å². The van der Waals surface area contributed by atoms with Gasteiger partial charge in [0.2, 0.25) is 5.69 Å². The van der Waals surface area contributed by atoms with E-state index in [0.717, 1.165) is 89.6 Å². The zero-order chi connectivity index (χ0) is 52.3. The third kappa shape index (κ3) is 9.72. The van der Waals surface area contributed by atoms with E-state index >= 15 is 0 Å². The first kappa shape index (κ1) is 50.6. The molecule has 0 fully saturated rings. The Bertz CT molecular complexity index is 3990. The summed E-state index contributed by atoms with van der Waals surface area (Å²) in [6.07, 6.45) is 1.88. The van der Waals surface area contributed by atoms with E-state index in [9.17, 15) is 8.78 Å². The van der Waals surface area contributed by atoms with E-state index in [4.69, 9.17) is 9.72 Å². The molecule has 0 atom stereocenters. The van der Waals surface area contributed by atoms with Gasteiger partial charge in [-0.15, -0.1) is 23.6 Å². The van der Waals surface area contributed by atoms with E-state index in [2.05, 4.69) is 171 Å². The van der Waals surface area contributed by atoms with Gasteiger partial charge in [0, 0.05) is 46.7 Å². The molecule has 11 aromatic rings. The van der Waals surface area contributed by atoms with Gasteiger partial charge >= 0.3 is 27.1 Å². The molecule has 0 saturated carbocycles. The molecular formula is C68H53F2N5OPt+2. The fourth-order valence-corrected chi connectivity index (χ4v) is 10.1. The number of nitrogens with zero attached hydrogens (tertiary/aromatic N) is 5. The van der Waals surface area contributed by atoms with Crippen molar-refractivity contribution < 1.29 is 34.6 Å². The van der Waals surface area contributed by atoms with Crippen molar-refractivity contribution in [1.29, 1.82) is 0 Å². The van der Waals surface area contributed by atoms with Crippen molar-refractivity contribution in [2.45, 2.75) is 52.4 Å². The van der Waals surface area contributed by atoms with E-state index in [1.807, 2.05) is 95.7 Å². The van der Waals surface area contributed by atoms with Gasteiger partial charge in [-0.25, -0.2) is 13.8 Å². The first-order chi connectivity index (χ1) is 36.7. The molecule has 0 saturated heterocycles. The number of ether oxygens (including phenoxy) is 1. The number of para-hydroxylation sites is 5. The first-order valence-electron chi connectivity index (χ1n) is 25.5. The minimum atomic E-state index is -0.330. The Hall–Kier alpha value is -8.54. The second-order valence-electron chi connectivity index (χ2n) is 21.2. The summed E-state index contributed by atoms with van der Waals surface area (Å²) in [5, 5.41) is 2.11. The van der Waals surface area contributed by atoms with Crippen molar-refractivity contribution in [3.8, 4) is 39.6 Å². The summed E-state index contributed by atoms with van der Waals surface area (Å²) in [6, 6.07) is 78.2. The first-order valence-corrected chi connectivity index (χ1v) is 25.5. The van der Waals surface area contributed by atoms with Gasteiger partial charge in [-0.2, -0.15) is 6.07 Å². The van der Waals surface area contributed by atoms with Gasteiger partial charge in [0.25, 0.3) is 11.4 Å². The number of aromatic nitrogens is 2. The average molecular weight is 1190 g/mol. The molecule has 1 aliphatic rings. The minimum Gasteiger partial charge on any atom is -0.509 e. The Morgan fingerprint density at radius 1 is 0.519 bits per heavy atom. The maximum atomic E-state index is 14.7. The minimum absolute atomic E-state index is 0. The van der Waals surface area contributed by atoms with Gasteiger partial charge < -0.3 is 14.2 Å². The van der Waals surface area contributed by atoms with E-state index in [1.165, 1.54) is 29.8 Å². The van der Waals surface area contributed by atoms with Crippen LogP contribution in [0.5, 0.6) is 11.5 Å². The number of benzene rings is 9. The number of pyridine rings is 1. The number of fused-ring (bicyclic) bond motifs is 4. The molecule has 9 aromatic carbocycles. The fourth-order valence-electron chi connectivity index (χ4n) is 10.1. The molecule has 0 bridgehead atoms. The number of rotatable bonds is 10. The Labute approximate surface area is 462 Å². The average Bonchev–Trinajstić information content (AvgIpc) is 4.19. The van der Waals surface area contributed by atoms with Crippen molar-refractivity contribution in [3.05, 3.63) is 247 Å². The van der Waals surface area contributed by atoms with Gasteiger partial charge in [0.15, 0.2) is 0 Å². The third-order valence-electron chi connectivity index (χ3n) is 14.0. The number of anilines is 3. The smallest absolute Gasteiger partial charge is 0.509 e. The number of hydrogen-bond acceptors (Lipinski definition) is 3. The van der Waals surface area contributed by atoms with E-state index in [0.29, 0.717) is 17.2 Å². The third-order valence-corrected chi connectivity index (χ3v) is 14.0. The normalized spacial score (nSPS) is 12.3. The standard InChI is InChI=1S/C68H53F2N5O.Pt/c1-67(2,3)47-35-36-71-65(39-47)75-61-22-14-13-21-57(61)58-34-33-55(43-64(58)75)76-56-41-53(40-54(42-56)74(51-17-9-7-10-18-51)52-19-11-8-12-20-52)72-44-73(63-24-16-15-23-62(63)72)66-59(45-25-29-49(69)30-26-45)37-48(68(4,5)6)38-60(66)46-27-31-50(70)32-28-46;/h7-40,42H,1-6H3;/q;+2. The largest absolute Gasteiger partial charge is 2.00 e. The van der Waals surface area contributed by atoms with Gasteiger partial charge in [-0.1, -0.05) is 160 Å². The van der Waals surface area contributed by atoms with E-state index in [1.54, 1.807) is 0 Å². The molecule has 3 heterocycles. The van der Waals surface area contributed by atoms with Gasteiger partial charge in [0.05, 0.1) is 11.1 Å². The van der Waals surface area contributed by atoms with Gasteiger partial charge in [-0.05, 0) is 122 Å². The molecule has 1 aliphatic heterocycles. The molecule has 77 heavy (non-hydrogen) atoms. The van der Waals surface area contributed by atoms with Gasteiger partial charge in [0.1, 0.15) is 23.1 Å². The zero-order valence-corrected chi connectivity index (χ0v) is 45.7. The van der Waals surface area contributed by atoms with Crippen molar-refractivity contribution in [3.63, 3.8) is 0 Å². The maximum absolute atomic E-state index is 14.7. The van der Waals surface area contributed by atoms with Crippen LogP contribution in [0.2, 0.25) is 0 Å². The van der Waals surface area contributed by atoms with Crippen LogP contribution in [0, 0.1) is 23.8 Å². The summed E-state index contributed by atoms with van der Waals surface area (Å²) >= 11 is 0. The number of halogens is 2. The quantitative estimate of drug-likeness (QED) is 0.101. The van der Waals surface area contributed by atoms with Crippen LogP contribution in [0.15, 0.2) is 212 Å². The topological polar surface area (TPSA) is 36.3 Å². The van der Waals surface area contributed by atoms with Crippen molar-refractivity contribution in [2.24, 2.45) is 0 Å². The SMILES string of the molecule is CC(C)(C)c1ccnc(-n2c3[c-]c(Oc4[c-]c([N+]5=C=[N+](c6c(-c7ccc(F)cc7)cc(C(C)(C)C)cc6-c6ccc(F)cc6)c6ccccc65)cc(N(c5ccccc5)c5ccccc5)c4)ccc3c3ccccc32)c1.[Pt+2]. The summed E-state index contributed by atoms with van der Waals surface area (Å²) in [6.45, 7) is 13.1. The summed E-state index contributed by atoms with van der Waals surface area (Å²) < 4.78 is 42.7. The van der Waals surface area contributed by atoms with Crippen LogP contribution in [0.4, 0.5) is 48.6 Å². The molecule has 0 spiro atoms. The maximum Gasteiger partial charge on any atom is 2.00 e. The van der Waals surface area contributed by atoms with Gasteiger partial charge in [-0.3, -0.25) is 0 Å². The summed E-state index contributed by atoms with van der Waals surface area (Å²) in [5.41, 5.74) is 12.9. The predicted octanol–water partition coefficient (Wildman–Crippen LogP) is 18.1. The van der Waals surface area contributed by atoms with Crippen molar-refractivity contribution in [1.82, 2.24) is 18.7 Å². The summed E-state index contributed by atoms with van der Waals surface area (Å²) in [4.78, 5) is 7.11. The second kappa shape index (κ2) is 20.2. The molecule has 6 nitrogen and oxygen atoms in total. The molecule has 0 unspecified atom stereocenters. The van der Waals surface area contributed by atoms with E-state index < -0.39 is 0 Å². The zero-order valence-electron chi connectivity index (χ0n) is 43.4. The molecule has 12 rings (SSSR count).